The number of H-pyrrole nitrogens is 1. The largest absolute Gasteiger partial charge is 0.489 e. The Balaban J connectivity index is 1.14. The van der Waals surface area contributed by atoms with Gasteiger partial charge in [0.2, 0.25) is 0 Å². The van der Waals surface area contributed by atoms with Gasteiger partial charge in [0.05, 0.1) is 23.4 Å². The zero-order valence-corrected chi connectivity index (χ0v) is 33.3. The second kappa shape index (κ2) is 16.4. The van der Waals surface area contributed by atoms with E-state index < -0.39 is 23.7 Å². The van der Waals surface area contributed by atoms with Crippen molar-refractivity contribution in [1.29, 1.82) is 0 Å². The van der Waals surface area contributed by atoms with Crippen molar-refractivity contribution < 1.29 is 23.8 Å². The number of hydrogen-bond donors (Lipinski definition) is 1. The zero-order chi connectivity index (χ0) is 40.2. The topological polar surface area (TPSA) is 112 Å². The molecule has 1 aliphatic rings. The van der Waals surface area contributed by atoms with E-state index in [-0.39, 0.29) is 19.6 Å². The van der Waals surface area contributed by atoms with Crippen molar-refractivity contribution in [3.05, 3.63) is 161 Å². The fourth-order valence-electron chi connectivity index (χ4n) is 7.44. The van der Waals surface area contributed by atoms with Gasteiger partial charge in [-0.1, -0.05) is 110 Å². The lowest BCUT2D eigenvalue weighted by Crippen LogP contribution is -2.51. The summed E-state index contributed by atoms with van der Waals surface area (Å²) in [5.74, 6) is 0.962. The van der Waals surface area contributed by atoms with Crippen LogP contribution < -0.4 is 4.74 Å². The highest BCUT2D eigenvalue weighted by Gasteiger charge is 2.41. The summed E-state index contributed by atoms with van der Waals surface area (Å²) in [5.41, 5.74) is 8.70. The molecule has 0 spiro atoms. The summed E-state index contributed by atoms with van der Waals surface area (Å²) >= 11 is 0. The number of aromatic amines is 1. The quantitative estimate of drug-likeness (QED) is 0.130. The van der Waals surface area contributed by atoms with Crippen LogP contribution in [-0.4, -0.2) is 48.4 Å². The van der Waals surface area contributed by atoms with E-state index in [2.05, 4.69) is 71.2 Å². The number of hydrogen-bond acceptors (Lipinski definition) is 7. The van der Waals surface area contributed by atoms with E-state index in [4.69, 9.17) is 24.3 Å². The van der Waals surface area contributed by atoms with Gasteiger partial charge in [-0.15, -0.1) is 0 Å². The lowest BCUT2D eigenvalue weighted by molar-refractivity contribution is -0.152. The monoisotopic (exact) mass is 773 g/mol. The van der Waals surface area contributed by atoms with Gasteiger partial charge in [-0.25, -0.2) is 14.6 Å². The molecule has 3 heterocycles. The third-order valence-electron chi connectivity index (χ3n) is 10.3. The number of rotatable bonds is 11. The number of ether oxygens (including phenoxy) is 3. The third kappa shape index (κ3) is 8.37. The van der Waals surface area contributed by atoms with Gasteiger partial charge < -0.3 is 18.8 Å². The molecule has 1 atom stereocenters. The van der Waals surface area contributed by atoms with Crippen LogP contribution in [0.3, 0.4) is 0 Å². The average molecular weight is 774 g/mol. The van der Waals surface area contributed by atoms with E-state index in [0.29, 0.717) is 30.4 Å². The van der Waals surface area contributed by atoms with Crippen LogP contribution in [0.4, 0.5) is 4.79 Å². The molecule has 10 nitrogen and oxygen atoms in total. The van der Waals surface area contributed by atoms with Gasteiger partial charge in [-0.05, 0) is 84.8 Å². The minimum absolute atomic E-state index is 0.0893. The number of aryl methyl sites for hydroxylation is 1. The Morgan fingerprint density at radius 1 is 0.810 bits per heavy atom. The van der Waals surface area contributed by atoms with Crippen LogP contribution in [0.5, 0.6) is 5.75 Å². The van der Waals surface area contributed by atoms with Crippen LogP contribution in [0.15, 0.2) is 127 Å². The second-order valence-electron chi connectivity index (χ2n) is 15.6. The first-order chi connectivity index (χ1) is 28.1. The smallest absolute Gasteiger partial charge is 0.411 e. The van der Waals surface area contributed by atoms with Gasteiger partial charge in [0.1, 0.15) is 36.3 Å². The average Bonchev–Trinajstić information content (AvgIpc) is 3.82. The van der Waals surface area contributed by atoms with E-state index >= 15 is 0 Å². The van der Waals surface area contributed by atoms with Gasteiger partial charge in [0, 0.05) is 18.4 Å². The van der Waals surface area contributed by atoms with Crippen molar-refractivity contribution >= 4 is 23.0 Å². The number of amides is 1. The van der Waals surface area contributed by atoms with Crippen LogP contribution in [0.1, 0.15) is 61.3 Å². The number of fused-ring (bicyclic) bond motifs is 2. The van der Waals surface area contributed by atoms with Crippen LogP contribution in [-0.2, 0) is 53.4 Å². The SMILES string of the molecule is CCc1cc(OCc2ccccc2)ccc1-c1ccc2c(-c3nc4c(n3Cc3ccccc3)CN(C(=O)OC(C)(C)C)C(C(=O)OCc3ccccc3)C4)n[nH]c2c1. The molecular weight excluding hydrogens is 727 g/mol. The first kappa shape index (κ1) is 38.2. The molecule has 5 aromatic carbocycles. The number of aromatic nitrogens is 4. The summed E-state index contributed by atoms with van der Waals surface area (Å²) < 4.78 is 19.9. The van der Waals surface area contributed by atoms with Crippen molar-refractivity contribution in [3.8, 4) is 28.4 Å². The van der Waals surface area contributed by atoms with E-state index in [0.717, 1.165) is 56.6 Å². The Morgan fingerprint density at radius 2 is 1.48 bits per heavy atom. The summed E-state index contributed by atoms with van der Waals surface area (Å²) in [5, 5.41) is 9.04. The summed E-state index contributed by atoms with van der Waals surface area (Å²) in [7, 11) is 0. The molecule has 294 valence electrons. The Hall–Kier alpha value is -6.68. The van der Waals surface area contributed by atoms with Crippen LogP contribution in [0, 0.1) is 0 Å². The van der Waals surface area contributed by atoms with E-state index in [9.17, 15) is 9.59 Å². The second-order valence-corrected chi connectivity index (χ2v) is 15.6. The lowest BCUT2D eigenvalue weighted by Gasteiger charge is -2.35. The number of benzene rings is 5. The molecule has 0 fully saturated rings. The van der Waals surface area contributed by atoms with Gasteiger partial charge in [-0.3, -0.25) is 10.00 Å². The van der Waals surface area contributed by atoms with Gasteiger partial charge >= 0.3 is 12.1 Å². The molecule has 0 saturated heterocycles. The molecule has 1 amide bonds. The predicted molar refractivity (Wildman–Crippen MR) is 224 cm³/mol. The van der Waals surface area contributed by atoms with Gasteiger partial charge in [0.15, 0.2) is 5.82 Å². The van der Waals surface area contributed by atoms with Crippen molar-refractivity contribution in [3.63, 3.8) is 0 Å². The molecule has 8 rings (SSSR count). The number of nitrogens with zero attached hydrogens (tertiary/aromatic N) is 4. The Bertz CT molecular complexity index is 2540. The Kier molecular flexibility index (Phi) is 10.8. The van der Waals surface area contributed by atoms with Crippen LogP contribution in [0.2, 0.25) is 0 Å². The number of nitrogens with one attached hydrogen (secondary N) is 1. The van der Waals surface area contributed by atoms with Gasteiger partial charge in [0.25, 0.3) is 0 Å². The molecular formula is C48H47N5O5. The summed E-state index contributed by atoms with van der Waals surface area (Å²) in [4.78, 5) is 34.3. The molecule has 1 unspecified atom stereocenters. The van der Waals surface area contributed by atoms with Gasteiger partial charge in [-0.2, -0.15) is 5.10 Å². The number of carbonyl (C=O) groups is 2. The molecule has 10 heteroatoms. The summed E-state index contributed by atoms with van der Waals surface area (Å²) in [6, 6.07) is 41.4. The van der Waals surface area contributed by atoms with Crippen LogP contribution in [0.25, 0.3) is 33.5 Å². The number of carbonyl (C=O) groups excluding carboxylic acids is 2. The first-order valence-corrected chi connectivity index (χ1v) is 19.7. The van der Waals surface area contributed by atoms with E-state index in [1.165, 1.54) is 10.5 Å². The molecule has 7 aromatic rings. The predicted octanol–water partition coefficient (Wildman–Crippen LogP) is 9.69. The highest BCUT2D eigenvalue weighted by Crippen LogP contribution is 2.36. The molecule has 58 heavy (non-hydrogen) atoms. The van der Waals surface area contributed by atoms with E-state index in [1.54, 1.807) is 0 Å². The molecule has 1 aliphatic heterocycles. The van der Waals surface area contributed by atoms with Crippen molar-refractivity contribution in [2.45, 2.75) is 78.5 Å². The fraction of sp³-hybridized carbons (Fsp3) is 0.250. The highest BCUT2D eigenvalue weighted by molar-refractivity contribution is 5.94. The standard InChI is InChI=1S/C48H47N5O5/c1-5-35-25-37(56-30-33-17-11-7-12-18-33)22-24-38(35)36-21-23-39-40(26-36)50-51-44(39)45-49-41-27-42(46(54)57-31-34-19-13-8-14-20-34)53(47(55)58-48(2,3)4)29-43(41)52(45)28-32-15-9-6-10-16-32/h6-26,42H,5,27-31H2,1-4H3,(H,50,51). The minimum Gasteiger partial charge on any atom is -0.489 e. The molecule has 0 saturated carbocycles. The maximum atomic E-state index is 13.8. The molecule has 1 N–H and O–H groups in total. The maximum Gasteiger partial charge on any atom is 0.411 e. The highest BCUT2D eigenvalue weighted by atomic mass is 16.6. The van der Waals surface area contributed by atoms with Crippen LogP contribution >= 0.6 is 0 Å². The minimum atomic E-state index is -0.930. The first-order valence-electron chi connectivity index (χ1n) is 19.7. The molecule has 0 radical (unpaired) electrons. The normalized spacial score (nSPS) is 13.9. The molecule has 2 aromatic heterocycles. The Labute approximate surface area is 338 Å². The molecule has 0 aliphatic carbocycles. The zero-order valence-electron chi connectivity index (χ0n) is 33.3. The third-order valence-corrected chi connectivity index (χ3v) is 10.3. The van der Waals surface area contributed by atoms with Crippen molar-refractivity contribution in [2.24, 2.45) is 0 Å². The van der Waals surface area contributed by atoms with E-state index in [1.807, 2.05) is 93.6 Å². The molecule has 0 bridgehead atoms. The maximum absolute atomic E-state index is 13.8. The van der Waals surface area contributed by atoms with Crippen molar-refractivity contribution in [1.82, 2.24) is 24.6 Å². The van der Waals surface area contributed by atoms with Crippen molar-refractivity contribution in [2.75, 3.05) is 0 Å². The number of esters is 1. The Morgan fingerprint density at radius 3 is 2.16 bits per heavy atom. The number of imidazole rings is 1. The summed E-state index contributed by atoms with van der Waals surface area (Å²) in [6.45, 7) is 8.78. The fourth-order valence-corrected chi connectivity index (χ4v) is 7.44. The summed E-state index contributed by atoms with van der Waals surface area (Å²) in [6.07, 6.45) is 0.413. The lowest BCUT2D eigenvalue weighted by atomic mass is 9.96.